The van der Waals surface area contributed by atoms with E-state index in [9.17, 15) is 13.2 Å². The molecule has 5 rings (SSSR count). The second-order valence-corrected chi connectivity index (χ2v) is 9.80. The first-order valence-corrected chi connectivity index (χ1v) is 12.0. The predicted molar refractivity (Wildman–Crippen MR) is 120 cm³/mol. The van der Waals surface area contributed by atoms with Gasteiger partial charge in [-0.15, -0.1) is 0 Å². The summed E-state index contributed by atoms with van der Waals surface area (Å²) in [7, 11) is -3.77. The number of carbonyl (C=O) groups excluding carboxylic acids is 1. The number of sulfonamides is 1. The molecule has 1 aliphatic heterocycles. The number of nitrogens with zero attached hydrogens (tertiary/aromatic N) is 4. The summed E-state index contributed by atoms with van der Waals surface area (Å²) in [6, 6.07) is 14.4. The van der Waals surface area contributed by atoms with Crippen LogP contribution < -0.4 is 9.62 Å². The molecule has 31 heavy (non-hydrogen) atoms. The third-order valence-corrected chi connectivity index (χ3v) is 7.56. The van der Waals surface area contributed by atoms with Crippen LogP contribution in [0.25, 0.3) is 10.9 Å². The van der Waals surface area contributed by atoms with Gasteiger partial charge in [0.1, 0.15) is 12.4 Å². The number of anilines is 2. The van der Waals surface area contributed by atoms with Crippen LogP contribution in [0.2, 0.25) is 0 Å². The molecule has 0 aliphatic carbocycles. The van der Waals surface area contributed by atoms with Crippen molar-refractivity contribution < 1.29 is 13.2 Å². The Morgan fingerprint density at radius 3 is 2.84 bits per heavy atom. The Balaban J connectivity index is 1.41. The second-order valence-electron chi connectivity index (χ2n) is 7.34. The lowest BCUT2D eigenvalue weighted by molar-refractivity contribution is -0.121. The van der Waals surface area contributed by atoms with E-state index < -0.39 is 10.0 Å². The van der Waals surface area contributed by atoms with E-state index >= 15 is 0 Å². The van der Waals surface area contributed by atoms with Gasteiger partial charge in [-0.25, -0.2) is 13.4 Å². The minimum absolute atomic E-state index is 0.0253. The monoisotopic (exact) mass is 453 g/mol. The molecule has 0 spiro atoms. The van der Waals surface area contributed by atoms with E-state index in [2.05, 4.69) is 14.1 Å². The molecule has 4 aromatic rings. The minimum Gasteiger partial charge on any atom is -0.335 e. The Bertz CT molecular complexity index is 1380. The fourth-order valence-electron chi connectivity index (χ4n) is 3.95. The molecule has 2 aromatic carbocycles. The third kappa shape index (κ3) is 3.47. The summed E-state index contributed by atoms with van der Waals surface area (Å²) < 4.78 is 33.5. The van der Waals surface area contributed by atoms with Gasteiger partial charge in [0.2, 0.25) is 11.0 Å². The minimum atomic E-state index is -3.77. The maximum absolute atomic E-state index is 13.3. The number of hydrogen-bond acceptors (Lipinski definition) is 6. The van der Waals surface area contributed by atoms with Crippen LogP contribution in [0.1, 0.15) is 18.5 Å². The number of fused-ring (bicyclic) bond motifs is 2. The lowest BCUT2D eigenvalue weighted by atomic mass is 10.2. The zero-order valence-corrected chi connectivity index (χ0v) is 18.2. The number of hydrogen-bond donors (Lipinski definition) is 1. The lowest BCUT2D eigenvalue weighted by Gasteiger charge is -2.23. The molecule has 158 valence electrons. The van der Waals surface area contributed by atoms with Gasteiger partial charge < -0.3 is 9.47 Å². The van der Waals surface area contributed by atoms with Crippen molar-refractivity contribution in [1.29, 1.82) is 0 Å². The van der Waals surface area contributed by atoms with E-state index in [0.29, 0.717) is 13.0 Å². The maximum atomic E-state index is 13.3. The van der Waals surface area contributed by atoms with Gasteiger partial charge in [0.15, 0.2) is 0 Å². The number of amides is 1. The first-order valence-electron chi connectivity index (χ1n) is 9.73. The summed E-state index contributed by atoms with van der Waals surface area (Å²) >= 11 is 0.970. The van der Waals surface area contributed by atoms with Gasteiger partial charge in [-0.05, 0) is 54.6 Å². The van der Waals surface area contributed by atoms with E-state index in [1.807, 2.05) is 48.0 Å². The van der Waals surface area contributed by atoms with Crippen molar-refractivity contribution in [2.24, 2.45) is 0 Å². The van der Waals surface area contributed by atoms with Crippen LogP contribution in [-0.2, 0) is 21.2 Å². The fraction of sp³-hybridized carbons (Fsp3) is 0.190. The highest BCUT2D eigenvalue weighted by Crippen LogP contribution is 2.33. The van der Waals surface area contributed by atoms with Crippen molar-refractivity contribution in [3.8, 4) is 0 Å². The van der Waals surface area contributed by atoms with Crippen LogP contribution in [0.4, 0.5) is 10.8 Å². The van der Waals surface area contributed by atoms with Gasteiger partial charge in [-0.3, -0.25) is 9.52 Å². The molecule has 8 nitrogen and oxygen atoms in total. The summed E-state index contributed by atoms with van der Waals surface area (Å²) in [5.41, 5.74) is 2.59. The molecule has 1 aliphatic rings. The first kappa shape index (κ1) is 19.7. The van der Waals surface area contributed by atoms with Crippen molar-refractivity contribution >= 4 is 49.2 Å². The average Bonchev–Trinajstić information content (AvgIpc) is 3.51. The average molecular weight is 454 g/mol. The number of benzene rings is 2. The quantitative estimate of drug-likeness (QED) is 0.499. The summed E-state index contributed by atoms with van der Waals surface area (Å²) in [6.45, 7) is 2.41. The SMILES string of the molecule is C[C@@H](C(=O)N1CCc2cc(S(=O)(=O)Nc3ncns3)ccc21)n1ccc2ccccc21. The standard InChI is InChI=1S/C21H19N5O3S2/c1-14(25-10-8-15-4-2-3-5-18(15)25)20(27)26-11-9-16-12-17(6-7-19(16)26)31(28,29)24-21-22-13-23-30-21/h2-8,10,12-14H,9,11H2,1H3,(H,22,23,24)/t14-/m0/s1. The topological polar surface area (TPSA) is 97.2 Å². The molecule has 2 aromatic heterocycles. The Hall–Kier alpha value is -3.24. The molecule has 1 N–H and O–H groups in total. The third-order valence-electron chi connectivity index (χ3n) is 5.51. The summed E-state index contributed by atoms with van der Waals surface area (Å²) in [4.78, 5) is 19.0. The number of carbonyl (C=O) groups is 1. The smallest absolute Gasteiger partial charge is 0.263 e. The molecule has 10 heteroatoms. The van der Waals surface area contributed by atoms with Crippen molar-refractivity contribution in [1.82, 2.24) is 13.9 Å². The summed E-state index contributed by atoms with van der Waals surface area (Å²) in [5, 5.41) is 1.30. The van der Waals surface area contributed by atoms with Crippen LogP contribution in [0.5, 0.6) is 0 Å². The Labute approximate surface area is 183 Å². The zero-order chi connectivity index (χ0) is 21.6. The van der Waals surface area contributed by atoms with E-state index in [-0.39, 0.29) is 22.0 Å². The zero-order valence-electron chi connectivity index (χ0n) is 16.6. The first-order chi connectivity index (χ1) is 14.9. The predicted octanol–water partition coefficient (Wildman–Crippen LogP) is 3.44. The molecule has 0 radical (unpaired) electrons. The lowest BCUT2D eigenvalue weighted by Crippen LogP contribution is -2.34. The van der Waals surface area contributed by atoms with Gasteiger partial charge in [0, 0.05) is 35.5 Å². The van der Waals surface area contributed by atoms with Gasteiger partial charge in [-0.2, -0.15) is 4.37 Å². The highest BCUT2D eigenvalue weighted by Gasteiger charge is 2.30. The molecule has 1 atom stereocenters. The van der Waals surface area contributed by atoms with Crippen LogP contribution in [0.15, 0.2) is 66.0 Å². The normalized spacial score (nSPS) is 14.5. The fourth-order valence-corrected chi connectivity index (χ4v) is 5.66. The molecule has 0 saturated carbocycles. The van der Waals surface area contributed by atoms with Crippen molar-refractivity contribution in [3.05, 3.63) is 66.6 Å². The molecule has 0 bridgehead atoms. The highest BCUT2D eigenvalue weighted by molar-refractivity contribution is 7.93. The Kier molecular flexibility index (Phi) is 4.75. The van der Waals surface area contributed by atoms with Crippen molar-refractivity contribution in [2.75, 3.05) is 16.2 Å². The molecule has 0 unspecified atom stereocenters. The van der Waals surface area contributed by atoms with Crippen LogP contribution in [-0.4, -0.2) is 34.8 Å². The van der Waals surface area contributed by atoms with Crippen LogP contribution in [0.3, 0.4) is 0 Å². The Morgan fingerprint density at radius 2 is 2.03 bits per heavy atom. The largest absolute Gasteiger partial charge is 0.335 e. The van der Waals surface area contributed by atoms with Gasteiger partial charge in [0.25, 0.3) is 10.0 Å². The Morgan fingerprint density at radius 1 is 1.19 bits per heavy atom. The molecular weight excluding hydrogens is 434 g/mol. The number of nitrogens with one attached hydrogen (secondary N) is 1. The molecule has 0 saturated heterocycles. The molecule has 1 amide bonds. The molecular formula is C21H19N5O3S2. The molecule has 3 heterocycles. The van der Waals surface area contributed by atoms with E-state index in [0.717, 1.165) is 33.7 Å². The summed E-state index contributed by atoms with van der Waals surface area (Å²) in [5.74, 6) is -0.0253. The van der Waals surface area contributed by atoms with Gasteiger partial charge in [-0.1, -0.05) is 18.2 Å². The van der Waals surface area contributed by atoms with Crippen molar-refractivity contribution in [3.63, 3.8) is 0 Å². The number of para-hydroxylation sites is 1. The van der Waals surface area contributed by atoms with Crippen LogP contribution >= 0.6 is 11.5 Å². The highest BCUT2D eigenvalue weighted by atomic mass is 32.2. The second kappa shape index (κ2) is 7.47. The van der Waals surface area contributed by atoms with E-state index in [1.165, 1.54) is 12.4 Å². The molecule has 0 fully saturated rings. The maximum Gasteiger partial charge on any atom is 0.263 e. The number of rotatable bonds is 5. The summed E-state index contributed by atoms with van der Waals surface area (Å²) in [6.07, 6.45) is 3.82. The van der Waals surface area contributed by atoms with Crippen LogP contribution in [0, 0.1) is 0 Å². The van der Waals surface area contributed by atoms with Crippen molar-refractivity contribution in [2.45, 2.75) is 24.3 Å². The van der Waals surface area contributed by atoms with E-state index in [1.54, 1.807) is 17.0 Å². The van der Waals surface area contributed by atoms with Gasteiger partial charge in [0.05, 0.1) is 4.90 Å². The number of aromatic nitrogens is 3. The van der Waals surface area contributed by atoms with E-state index in [4.69, 9.17) is 0 Å². The van der Waals surface area contributed by atoms with Gasteiger partial charge >= 0.3 is 0 Å².